The Kier molecular flexibility index (Phi) is 4.49. The van der Waals surface area contributed by atoms with Gasteiger partial charge in [0.25, 0.3) is 0 Å². The minimum absolute atomic E-state index is 0.103. The van der Waals surface area contributed by atoms with Crippen LogP contribution in [0.15, 0.2) is 42.0 Å². The summed E-state index contributed by atoms with van der Waals surface area (Å²) in [6, 6.07) is 5.64. The molecule has 5 heteroatoms. The van der Waals surface area contributed by atoms with Gasteiger partial charge in [0.15, 0.2) is 0 Å². The van der Waals surface area contributed by atoms with Crippen LogP contribution in [0.1, 0.15) is 43.2 Å². The number of rotatable bonds is 5. The van der Waals surface area contributed by atoms with Gasteiger partial charge in [-0.3, -0.25) is 0 Å². The van der Waals surface area contributed by atoms with E-state index in [2.05, 4.69) is 34.2 Å². The molecular formula is C21H27N3O2. The summed E-state index contributed by atoms with van der Waals surface area (Å²) in [5.41, 5.74) is 3.66. The Labute approximate surface area is 154 Å². The molecule has 138 valence electrons. The Morgan fingerprint density at radius 3 is 3.15 bits per heavy atom. The van der Waals surface area contributed by atoms with E-state index in [1.54, 1.807) is 6.07 Å². The minimum atomic E-state index is -0.132. The molecule has 2 aliphatic carbocycles. The highest BCUT2D eigenvalue weighted by molar-refractivity contribution is 5.74. The van der Waals surface area contributed by atoms with E-state index in [1.807, 2.05) is 19.1 Å². The van der Waals surface area contributed by atoms with E-state index in [-0.39, 0.29) is 17.6 Å². The van der Waals surface area contributed by atoms with Gasteiger partial charge in [-0.25, -0.2) is 4.79 Å². The van der Waals surface area contributed by atoms with Crippen molar-refractivity contribution in [2.75, 3.05) is 13.1 Å². The maximum Gasteiger partial charge on any atom is 0.315 e. The summed E-state index contributed by atoms with van der Waals surface area (Å²) in [7, 11) is 0. The van der Waals surface area contributed by atoms with Crippen molar-refractivity contribution in [3.8, 4) is 5.75 Å². The average Bonchev–Trinajstić information content (AvgIpc) is 3.29. The van der Waals surface area contributed by atoms with Gasteiger partial charge in [0.2, 0.25) is 0 Å². The molecule has 1 fully saturated rings. The largest absolute Gasteiger partial charge is 0.508 e. The van der Waals surface area contributed by atoms with Crippen LogP contribution in [0.2, 0.25) is 0 Å². The maximum atomic E-state index is 12.4. The molecule has 5 nitrogen and oxygen atoms in total. The second kappa shape index (κ2) is 6.80. The molecule has 0 saturated carbocycles. The fraction of sp³-hybridized carbons (Fsp3) is 0.476. The summed E-state index contributed by atoms with van der Waals surface area (Å²) in [4.78, 5) is 12.4. The van der Waals surface area contributed by atoms with Crippen LogP contribution in [0.5, 0.6) is 5.75 Å². The van der Waals surface area contributed by atoms with E-state index in [4.69, 9.17) is 0 Å². The number of hydrogen-bond donors (Lipinski definition) is 4. The van der Waals surface area contributed by atoms with Crippen LogP contribution in [0, 0.1) is 0 Å². The van der Waals surface area contributed by atoms with Gasteiger partial charge in [0.05, 0.1) is 0 Å². The first kappa shape index (κ1) is 17.2. The van der Waals surface area contributed by atoms with Crippen LogP contribution in [-0.2, 0) is 6.42 Å². The van der Waals surface area contributed by atoms with Crippen molar-refractivity contribution < 1.29 is 9.90 Å². The maximum absolute atomic E-state index is 12.4. The van der Waals surface area contributed by atoms with Gasteiger partial charge in [-0.05, 0) is 68.0 Å². The SMILES string of the molecule is CC(CC1=CCC=C1)NC(=O)NCC12Cc3ccc(O)cc3C1CCN2. The molecule has 0 spiro atoms. The molecule has 0 radical (unpaired) electrons. The molecule has 1 saturated heterocycles. The summed E-state index contributed by atoms with van der Waals surface area (Å²) in [6.07, 6.45) is 10.3. The number of nitrogens with one attached hydrogen (secondary N) is 3. The van der Waals surface area contributed by atoms with Gasteiger partial charge in [-0.15, -0.1) is 0 Å². The molecule has 3 atom stereocenters. The number of carbonyl (C=O) groups is 1. The highest BCUT2D eigenvalue weighted by Gasteiger charge is 2.49. The summed E-state index contributed by atoms with van der Waals surface area (Å²) in [6.45, 7) is 3.57. The van der Waals surface area contributed by atoms with Gasteiger partial charge in [0.1, 0.15) is 5.75 Å². The fourth-order valence-electron chi connectivity index (χ4n) is 4.74. The lowest BCUT2D eigenvalue weighted by Gasteiger charge is -2.30. The first-order chi connectivity index (χ1) is 12.6. The Morgan fingerprint density at radius 1 is 1.46 bits per heavy atom. The number of phenolic OH excluding ortho intramolecular Hbond substituents is 1. The van der Waals surface area contributed by atoms with Gasteiger partial charge in [0, 0.05) is 24.0 Å². The molecule has 1 aliphatic heterocycles. The Balaban J connectivity index is 1.35. The van der Waals surface area contributed by atoms with Gasteiger partial charge in [-0.1, -0.05) is 24.3 Å². The van der Waals surface area contributed by atoms with E-state index in [0.717, 1.165) is 32.2 Å². The normalized spacial score (nSPS) is 27.0. The summed E-state index contributed by atoms with van der Waals surface area (Å²) < 4.78 is 0. The van der Waals surface area contributed by atoms with Crippen molar-refractivity contribution in [2.24, 2.45) is 0 Å². The van der Waals surface area contributed by atoms with Crippen molar-refractivity contribution in [3.63, 3.8) is 0 Å². The first-order valence-corrected chi connectivity index (χ1v) is 9.52. The number of aromatic hydroxyl groups is 1. The summed E-state index contributed by atoms with van der Waals surface area (Å²) in [5.74, 6) is 0.664. The van der Waals surface area contributed by atoms with Crippen LogP contribution in [-0.4, -0.2) is 35.8 Å². The smallest absolute Gasteiger partial charge is 0.315 e. The van der Waals surface area contributed by atoms with E-state index < -0.39 is 0 Å². The third-order valence-corrected chi connectivity index (χ3v) is 5.92. The molecule has 1 heterocycles. The van der Waals surface area contributed by atoms with Crippen LogP contribution >= 0.6 is 0 Å². The predicted molar refractivity (Wildman–Crippen MR) is 102 cm³/mol. The topological polar surface area (TPSA) is 73.4 Å². The number of hydrogen-bond acceptors (Lipinski definition) is 3. The highest BCUT2D eigenvalue weighted by Crippen LogP contribution is 2.46. The van der Waals surface area contributed by atoms with Crippen molar-refractivity contribution >= 4 is 6.03 Å². The zero-order chi connectivity index (χ0) is 18.1. The van der Waals surface area contributed by atoms with Crippen LogP contribution in [0.4, 0.5) is 4.79 Å². The monoisotopic (exact) mass is 353 g/mol. The minimum Gasteiger partial charge on any atom is -0.508 e. The zero-order valence-corrected chi connectivity index (χ0v) is 15.2. The number of amides is 2. The lowest BCUT2D eigenvalue weighted by atomic mass is 9.86. The molecule has 0 bridgehead atoms. The fourth-order valence-corrected chi connectivity index (χ4v) is 4.74. The molecule has 4 rings (SSSR count). The Bertz CT molecular complexity index is 771. The second-order valence-electron chi connectivity index (χ2n) is 7.83. The molecule has 3 unspecified atom stereocenters. The molecular weight excluding hydrogens is 326 g/mol. The molecule has 1 aromatic rings. The van der Waals surface area contributed by atoms with Crippen LogP contribution < -0.4 is 16.0 Å². The quantitative estimate of drug-likeness (QED) is 0.658. The molecule has 2 amide bonds. The number of benzene rings is 1. The average molecular weight is 353 g/mol. The Morgan fingerprint density at radius 2 is 2.35 bits per heavy atom. The van der Waals surface area contributed by atoms with E-state index in [9.17, 15) is 9.90 Å². The van der Waals surface area contributed by atoms with Crippen molar-refractivity contribution in [3.05, 3.63) is 53.1 Å². The second-order valence-corrected chi connectivity index (χ2v) is 7.83. The van der Waals surface area contributed by atoms with Crippen molar-refractivity contribution in [2.45, 2.75) is 50.1 Å². The predicted octanol–water partition coefficient (Wildman–Crippen LogP) is 2.73. The van der Waals surface area contributed by atoms with Crippen LogP contribution in [0.25, 0.3) is 0 Å². The van der Waals surface area contributed by atoms with E-state index in [0.29, 0.717) is 18.2 Å². The van der Waals surface area contributed by atoms with Crippen molar-refractivity contribution in [1.29, 1.82) is 0 Å². The number of carbonyl (C=O) groups excluding carboxylic acids is 1. The molecule has 0 aromatic heterocycles. The third kappa shape index (κ3) is 3.23. The Hall–Kier alpha value is -2.27. The number of fused-ring (bicyclic) bond motifs is 3. The van der Waals surface area contributed by atoms with Crippen molar-refractivity contribution in [1.82, 2.24) is 16.0 Å². The van der Waals surface area contributed by atoms with Gasteiger partial charge < -0.3 is 21.1 Å². The lowest BCUT2D eigenvalue weighted by molar-refractivity contribution is 0.231. The summed E-state index contributed by atoms with van der Waals surface area (Å²) >= 11 is 0. The molecule has 3 aliphatic rings. The first-order valence-electron chi connectivity index (χ1n) is 9.52. The van der Waals surface area contributed by atoms with E-state index >= 15 is 0 Å². The molecule has 4 N–H and O–H groups in total. The number of urea groups is 1. The van der Waals surface area contributed by atoms with Gasteiger partial charge in [-0.2, -0.15) is 0 Å². The number of phenols is 1. The molecule has 1 aromatic carbocycles. The van der Waals surface area contributed by atoms with Gasteiger partial charge >= 0.3 is 6.03 Å². The summed E-state index contributed by atoms with van der Waals surface area (Å²) in [5, 5.41) is 19.6. The highest BCUT2D eigenvalue weighted by atomic mass is 16.3. The standard InChI is InChI=1S/C21H27N3O2/c1-14(10-15-4-2-3-5-15)24-20(26)22-13-21-12-16-6-7-17(25)11-18(16)19(21)8-9-23-21/h2,4-7,11,14,19,23,25H,3,8-10,12-13H2,1H3,(H2,22,24,26). The number of allylic oxidation sites excluding steroid dienone is 3. The lowest BCUT2D eigenvalue weighted by Crippen LogP contribution is -2.54. The third-order valence-electron chi connectivity index (χ3n) is 5.92. The molecule has 26 heavy (non-hydrogen) atoms. The van der Waals surface area contributed by atoms with Crippen LogP contribution in [0.3, 0.4) is 0 Å². The van der Waals surface area contributed by atoms with E-state index in [1.165, 1.54) is 16.7 Å². The zero-order valence-electron chi connectivity index (χ0n) is 15.2.